The zero-order valence-corrected chi connectivity index (χ0v) is 11.4. The van der Waals surface area contributed by atoms with Gasteiger partial charge in [-0.25, -0.2) is 0 Å². The fourth-order valence-electron chi connectivity index (χ4n) is 2.75. The summed E-state index contributed by atoms with van der Waals surface area (Å²) >= 11 is 0. The maximum absolute atomic E-state index is 12.5. The van der Waals surface area contributed by atoms with Gasteiger partial charge in [0, 0.05) is 30.9 Å². The van der Waals surface area contributed by atoms with E-state index in [1.54, 1.807) is 0 Å². The molecule has 3 nitrogen and oxygen atoms in total. The van der Waals surface area contributed by atoms with Crippen molar-refractivity contribution in [3.8, 4) is 0 Å². The van der Waals surface area contributed by atoms with Crippen LogP contribution in [0.1, 0.15) is 35.7 Å². The number of hydrogen-bond acceptors (Lipinski definition) is 2. The third-order valence-electron chi connectivity index (χ3n) is 4.01. The van der Waals surface area contributed by atoms with E-state index < -0.39 is 0 Å². The lowest BCUT2D eigenvalue weighted by Crippen LogP contribution is -2.34. The first-order valence-electron chi connectivity index (χ1n) is 7.06. The van der Waals surface area contributed by atoms with Crippen LogP contribution in [0.15, 0.2) is 29.8 Å². The highest BCUT2D eigenvalue weighted by molar-refractivity contribution is 5.95. The minimum absolute atomic E-state index is 0.164. The van der Waals surface area contributed by atoms with Gasteiger partial charge in [-0.1, -0.05) is 11.6 Å². The van der Waals surface area contributed by atoms with Gasteiger partial charge in [-0.3, -0.25) is 4.79 Å². The first-order chi connectivity index (χ1) is 9.24. The van der Waals surface area contributed by atoms with Crippen LogP contribution in [-0.4, -0.2) is 30.4 Å². The Bertz CT molecular complexity index is 534. The summed E-state index contributed by atoms with van der Waals surface area (Å²) in [4.78, 5) is 14.4. The Morgan fingerprint density at radius 2 is 2.21 bits per heavy atom. The Morgan fingerprint density at radius 3 is 3.00 bits per heavy atom. The van der Waals surface area contributed by atoms with Gasteiger partial charge in [0.15, 0.2) is 0 Å². The fourth-order valence-corrected chi connectivity index (χ4v) is 2.75. The highest BCUT2D eigenvalue weighted by atomic mass is 16.2. The molecule has 2 heterocycles. The summed E-state index contributed by atoms with van der Waals surface area (Å²) in [6.45, 7) is 4.76. The Labute approximate surface area is 114 Å². The van der Waals surface area contributed by atoms with Crippen molar-refractivity contribution in [2.45, 2.75) is 26.2 Å². The first kappa shape index (κ1) is 12.3. The summed E-state index contributed by atoms with van der Waals surface area (Å²) in [6, 6.07) is 6.06. The largest absolute Gasteiger partial charge is 0.385 e. The molecule has 0 spiro atoms. The van der Waals surface area contributed by atoms with Gasteiger partial charge in [-0.2, -0.15) is 0 Å². The molecule has 0 aromatic heterocycles. The molecule has 0 aliphatic carbocycles. The second-order valence-electron chi connectivity index (χ2n) is 5.45. The molecule has 0 bridgehead atoms. The molecule has 100 valence electrons. The molecule has 1 amide bonds. The smallest absolute Gasteiger partial charge is 0.254 e. The van der Waals surface area contributed by atoms with Gasteiger partial charge >= 0.3 is 0 Å². The normalized spacial score (nSPS) is 18.4. The van der Waals surface area contributed by atoms with Crippen LogP contribution in [0.25, 0.3) is 0 Å². The van der Waals surface area contributed by atoms with E-state index in [1.807, 2.05) is 17.0 Å². The second kappa shape index (κ2) is 5.08. The van der Waals surface area contributed by atoms with Crippen molar-refractivity contribution in [2.75, 3.05) is 25.0 Å². The van der Waals surface area contributed by atoms with E-state index in [9.17, 15) is 4.79 Å². The number of fused-ring (bicyclic) bond motifs is 1. The van der Waals surface area contributed by atoms with Gasteiger partial charge in [0.1, 0.15) is 0 Å². The molecule has 0 saturated heterocycles. The molecule has 1 aromatic carbocycles. The first-order valence-corrected chi connectivity index (χ1v) is 7.06. The number of hydrogen-bond donors (Lipinski definition) is 1. The summed E-state index contributed by atoms with van der Waals surface area (Å²) in [7, 11) is 0. The quantitative estimate of drug-likeness (QED) is 0.784. The second-order valence-corrected chi connectivity index (χ2v) is 5.45. The third kappa shape index (κ3) is 2.50. The number of anilines is 1. The summed E-state index contributed by atoms with van der Waals surface area (Å²) in [5.74, 6) is 0.164. The molecule has 0 saturated carbocycles. The van der Waals surface area contributed by atoms with Gasteiger partial charge in [0.05, 0.1) is 0 Å². The van der Waals surface area contributed by atoms with E-state index >= 15 is 0 Å². The van der Waals surface area contributed by atoms with Gasteiger partial charge in [0.25, 0.3) is 5.91 Å². The van der Waals surface area contributed by atoms with Gasteiger partial charge in [0.2, 0.25) is 0 Å². The maximum Gasteiger partial charge on any atom is 0.254 e. The molecule has 0 atom stereocenters. The maximum atomic E-state index is 12.5. The van der Waals surface area contributed by atoms with Crippen LogP contribution in [0.4, 0.5) is 5.69 Å². The van der Waals surface area contributed by atoms with Gasteiger partial charge in [-0.05, 0) is 49.9 Å². The van der Waals surface area contributed by atoms with Crippen molar-refractivity contribution in [1.29, 1.82) is 0 Å². The molecule has 2 aliphatic rings. The summed E-state index contributed by atoms with van der Waals surface area (Å²) < 4.78 is 0. The van der Waals surface area contributed by atoms with Crippen molar-refractivity contribution < 1.29 is 4.79 Å². The van der Waals surface area contributed by atoms with E-state index in [4.69, 9.17) is 0 Å². The number of benzene rings is 1. The molecule has 0 fully saturated rings. The molecule has 1 N–H and O–H groups in total. The standard InChI is InChI=1S/C16H20N2O/c1-12-6-9-18(10-7-12)16(19)14-4-5-15-13(11-14)3-2-8-17-15/h4-6,11,17H,2-3,7-10H2,1H3. The molecule has 0 radical (unpaired) electrons. The van der Waals surface area contributed by atoms with Crippen LogP contribution >= 0.6 is 0 Å². The van der Waals surface area contributed by atoms with Crippen LogP contribution in [0.2, 0.25) is 0 Å². The summed E-state index contributed by atoms with van der Waals surface area (Å²) in [6.07, 6.45) is 5.37. The van der Waals surface area contributed by atoms with Crippen LogP contribution < -0.4 is 5.32 Å². The van der Waals surface area contributed by atoms with Crippen molar-refractivity contribution in [1.82, 2.24) is 4.90 Å². The Balaban J connectivity index is 1.80. The lowest BCUT2D eigenvalue weighted by Gasteiger charge is -2.26. The average molecular weight is 256 g/mol. The molecular formula is C16H20N2O. The minimum Gasteiger partial charge on any atom is -0.385 e. The molecular weight excluding hydrogens is 236 g/mol. The SMILES string of the molecule is CC1=CCN(C(=O)c2ccc3c(c2)CCCN3)CC1. The zero-order valence-electron chi connectivity index (χ0n) is 11.4. The van der Waals surface area contributed by atoms with E-state index in [1.165, 1.54) is 16.8 Å². The van der Waals surface area contributed by atoms with Crippen LogP contribution in [0.3, 0.4) is 0 Å². The van der Waals surface area contributed by atoms with E-state index in [-0.39, 0.29) is 5.91 Å². The minimum atomic E-state index is 0.164. The Hall–Kier alpha value is -1.77. The average Bonchev–Trinajstić information content (AvgIpc) is 2.47. The van der Waals surface area contributed by atoms with Gasteiger partial charge < -0.3 is 10.2 Å². The fraction of sp³-hybridized carbons (Fsp3) is 0.438. The van der Waals surface area contributed by atoms with Crippen molar-refractivity contribution in [2.24, 2.45) is 0 Å². The molecule has 19 heavy (non-hydrogen) atoms. The number of carbonyl (C=O) groups is 1. The monoisotopic (exact) mass is 256 g/mol. The molecule has 3 heteroatoms. The lowest BCUT2D eigenvalue weighted by molar-refractivity contribution is 0.0769. The molecule has 0 unspecified atom stereocenters. The van der Waals surface area contributed by atoms with E-state index in [2.05, 4.69) is 24.4 Å². The number of rotatable bonds is 1. The number of carbonyl (C=O) groups excluding carboxylic acids is 1. The number of nitrogens with zero attached hydrogens (tertiary/aromatic N) is 1. The Kier molecular flexibility index (Phi) is 3.28. The topological polar surface area (TPSA) is 32.3 Å². The van der Waals surface area contributed by atoms with E-state index in [0.29, 0.717) is 0 Å². The number of amides is 1. The highest BCUT2D eigenvalue weighted by Crippen LogP contribution is 2.24. The predicted octanol–water partition coefficient (Wildman–Crippen LogP) is 2.84. The number of aryl methyl sites for hydroxylation is 1. The Morgan fingerprint density at radius 1 is 1.32 bits per heavy atom. The van der Waals surface area contributed by atoms with Crippen LogP contribution in [-0.2, 0) is 6.42 Å². The van der Waals surface area contributed by atoms with Crippen molar-refractivity contribution >= 4 is 11.6 Å². The zero-order chi connectivity index (χ0) is 13.2. The third-order valence-corrected chi connectivity index (χ3v) is 4.01. The highest BCUT2D eigenvalue weighted by Gasteiger charge is 2.19. The molecule has 1 aromatic rings. The van der Waals surface area contributed by atoms with Gasteiger partial charge in [-0.15, -0.1) is 0 Å². The van der Waals surface area contributed by atoms with Crippen molar-refractivity contribution in [3.05, 3.63) is 41.0 Å². The molecule has 3 rings (SSSR count). The molecule has 2 aliphatic heterocycles. The van der Waals surface area contributed by atoms with Crippen LogP contribution in [0.5, 0.6) is 0 Å². The van der Waals surface area contributed by atoms with E-state index in [0.717, 1.165) is 44.5 Å². The summed E-state index contributed by atoms with van der Waals surface area (Å²) in [5, 5.41) is 3.38. The summed E-state index contributed by atoms with van der Waals surface area (Å²) in [5.41, 5.74) is 4.69. The lowest BCUT2D eigenvalue weighted by atomic mass is 10.00. The van der Waals surface area contributed by atoms with Crippen molar-refractivity contribution in [3.63, 3.8) is 0 Å². The number of nitrogens with one attached hydrogen (secondary N) is 1. The predicted molar refractivity (Wildman–Crippen MR) is 77.5 cm³/mol. The van der Waals surface area contributed by atoms with Crippen LogP contribution in [0, 0.1) is 0 Å².